The number of rotatable bonds is 3. The van der Waals surface area contributed by atoms with Crippen LogP contribution in [0.15, 0.2) is 53.3 Å². The molecule has 1 aromatic heterocycles. The van der Waals surface area contributed by atoms with Gasteiger partial charge in [-0.15, -0.1) is 5.10 Å². The molecule has 2 N–H and O–H groups in total. The first-order chi connectivity index (χ1) is 10.1. The number of anilines is 1. The van der Waals surface area contributed by atoms with Crippen LogP contribution in [0.5, 0.6) is 11.8 Å². The molecule has 0 saturated heterocycles. The van der Waals surface area contributed by atoms with Crippen LogP contribution in [0.2, 0.25) is 0 Å². The van der Waals surface area contributed by atoms with E-state index in [2.05, 4.69) is 26.0 Å². The summed E-state index contributed by atoms with van der Waals surface area (Å²) in [7, 11) is 0. The summed E-state index contributed by atoms with van der Waals surface area (Å²) in [5.74, 6) is -0.170. The highest BCUT2D eigenvalue weighted by Crippen LogP contribution is 2.31. The zero-order valence-electron chi connectivity index (χ0n) is 10.7. The smallest absolute Gasteiger partial charge is 0.341 e. The Hall–Kier alpha value is -2.41. The third-order valence-electron chi connectivity index (χ3n) is 2.75. The number of halogens is 2. The number of benzene rings is 2. The molecule has 0 amide bonds. The molecule has 0 aliphatic carbocycles. The number of nitrogens with two attached hydrogens (primary N) is 1. The Bertz CT molecular complexity index is 776. The van der Waals surface area contributed by atoms with E-state index in [9.17, 15) is 4.39 Å². The van der Waals surface area contributed by atoms with Crippen molar-refractivity contribution in [1.29, 1.82) is 0 Å². The highest BCUT2D eigenvalue weighted by atomic mass is 79.9. The number of hydrogen-bond donors (Lipinski definition) is 1. The average Bonchev–Trinajstić information content (AvgIpc) is 2.94. The van der Waals surface area contributed by atoms with Gasteiger partial charge >= 0.3 is 6.01 Å². The quantitative estimate of drug-likeness (QED) is 0.735. The summed E-state index contributed by atoms with van der Waals surface area (Å²) in [5, 5.41) is 4.19. The summed E-state index contributed by atoms with van der Waals surface area (Å²) in [6.45, 7) is 0. The van der Waals surface area contributed by atoms with Crippen molar-refractivity contribution in [3.63, 3.8) is 0 Å². The molecular weight excluding hydrogens is 339 g/mol. The van der Waals surface area contributed by atoms with Crippen LogP contribution in [-0.2, 0) is 0 Å². The lowest BCUT2D eigenvalue weighted by atomic mass is 10.3. The van der Waals surface area contributed by atoms with Crippen LogP contribution >= 0.6 is 15.9 Å². The number of aromatic nitrogens is 3. The van der Waals surface area contributed by atoms with Crippen LogP contribution < -0.4 is 10.5 Å². The van der Waals surface area contributed by atoms with Gasteiger partial charge in [0.25, 0.3) is 0 Å². The van der Waals surface area contributed by atoms with E-state index < -0.39 is 5.82 Å². The molecule has 0 radical (unpaired) electrons. The van der Waals surface area contributed by atoms with Crippen molar-refractivity contribution < 1.29 is 9.13 Å². The molecule has 0 fully saturated rings. The molecule has 0 aliphatic heterocycles. The first-order valence-corrected chi connectivity index (χ1v) is 6.82. The predicted molar refractivity (Wildman–Crippen MR) is 79.9 cm³/mol. The van der Waals surface area contributed by atoms with Crippen LogP contribution in [0.1, 0.15) is 0 Å². The van der Waals surface area contributed by atoms with Gasteiger partial charge in [0.05, 0.1) is 15.8 Å². The Morgan fingerprint density at radius 2 is 1.95 bits per heavy atom. The number of para-hydroxylation sites is 1. The molecule has 0 atom stereocenters. The van der Waals surface area contributed by atoms with Crippen molar-refractivity contribution >= 4 is 21.6 Å². The number of nitrogen functional groups attached to an aromatic ring is 1. The van der Waals surface area contributed by atoms with Crippen molar-refractivity contribution in [3.8, 4) is 17.4 Å². The van der Waals surface area contributed by atoms with E-state index in [0.717, 1.165) is 5.69 Å². The normalized spacial score (nSPS) is 10.6. The highest BCUT2D eigenvalue weighted by Gasteiger charge is 2.11. The van der Waals surface area contributed by atoms with Gasteiger partial charge in [-0.3, -0.25) is 0 Å². The SMILES string of the molecule is Nc1cc(F)c(Br)cc1Oc1ncn(-c2ccccc2)n1. The summed E-state index contributed by atoms with van der Waals surface area (Å²) in [5.41, 5.74) is 6.74. The topological polar surface area (TPSA) is 66.0 Å². The van der Waals surface area contributed by atoms with E-state index >= 15 is 0 Å². The molecular formula is C14H10BrFN4O. The van der Waals surface area contributed by atoms with Crippen molar-refractivity contribution in [2.24, 2.45) is 0 Å². The molecule has 1 heterocycles. The highest BCUT2D eigenvalue weighted by molar-refractivity contribution is 9.10. The second-order valence-corrected chi connectivity index (χ2v) is 5.07. The van der Waals surface area contributed by atoms with Crippen LogP contribution in [0.3, 0.4) is 0 Å². The van der Waals surface area contributed by atoms with Crippen molar-refractivity contribution in [3.05, 3.63) is 59.1 Å². The Morgan fingerprint density at radius 1 is 1.19 bits per heavy atom. The molecule has 0 saturated carbocycles. The largest absolute Gasteiger partial charge is 0.421 e. The number of nitrogens with zero attached hydrogens (tertiary/aromatic N) is 3. The van der Waals surface area contributed by atoms with Gasteiger partial charge in [-0.05, 0) is 28.1 Å². The molecule has 0 aliphatic rings. The Kier molecular flexibility index (Phi) is 3.57. The van der Waals surface area contributed by atoms with Gasteiger partial charge in [0.2, 0.25) is 0 Å². The van der Waals surface area contributed by atoms with Gasteiger partial charge in [0.1, 0.15) is 12.1 Å². The minimum absolute atomic E-state index is 0.129. The zero-order valence-corrected chi connectivity index (χ0v) is 12.3. The molecule has 106 valence electrons. The minimum atomic E-state index is -0.456. The fourth-order valence-electron chi connectivity index (χ4n) is 1.73. The van der Waals surface area contributed by atoms with E-state index in [1.807, 2.05) is 30.3 Å². The van der Waals surface area contributed by atoms with Crippen LogP contribution in [0.25, 0.3) is 5.69 Å². The lowest BCUT2D eigenvalue weighted by Gasteiger charge is -2.06. The molecule has 0 bridgehead atoms. The molecule has 3 aromatic rings. The zero-order chi connectivity index (χ0) is 14.8. The fraction of sp³-hybridized carbons (Fsp3) is 0. The summed E-state index contributed by atoms with van der Waals surface area (Å²) < 4.78 is 20.6. The first kappa shape index (κ1) is 13.6. The number of hydrogen-bond acceptors (Lipinski definition) is 4. The molecule has 0 spiro atoms. The maximum Gasteiger partial charge on any atom is 0.341 e. The van der Waals surface area contributed by atoms with Crippen LogP contribution in [0.4, 0.5) is 10.1 Å². The van der Waals surface area contributed by atoms with Crippen molar-refractivity contribution in [2.45, 2.75) is 0 Å². The van der Waals surface area contributed by atoms with E-state index in [1.54, 1.807) is 4.68 Å². The Balaban J connectivity index is 1.87. The summed E-state index contributed by atoms with van der Waals surface area (Å²) >= 11 is 3.08. The fourth-order valence-corrected chi connectivity index (χ4v) is 2.05. The van der Waals surface area contributed by atoms with Crippen molar-refractivity contribution in [2.75, 3.05) is 5.73 Å². The molecule has 21 heavy (non-hydrogen) atoms. The molecule has 0 unspecified atom stereocenters. The monoisotopic (exact) mass is 348 g/mol. The molecule has 2 aromatic carbocycles. The summed E-state index contributed by atoms with van der Waals surface area (Å²) in [6.07, 6.45) is 1.53. The van der Waals surface area contributed by atoms with Gasteiger partial charge in [-0.25, -0.2) is 9.07 Å². The lowest BCUT2D eigenvalue weighted by Crippen LogP contribution is -1.97. The maximum absolute atomic E-state index is 13.3. The third kappa shape index (κ3) is 2.87. The standard InChI is InChI=1S/C14H10BrFN4O/c15-10-6-13(12(17)7-11(10)16)21-14-18-8-20(19-14)9-4-2-1-3-5-9/h1-8H,17H2. The second-order valence-electron chi connectivity index (χ2n) is 4.21. The van der Waals surface area contributed by atoms with E-state index in [0.29, 0.717) is 0 Å². The average molecular weight is 349 g/mol. The predicted octanol–water partition coefficient (Wildman–Crippen LogP) is 3.54. The number of ether oxygens (including phenoxy) is 1. The van der Waals surface area contributed by atoms with Crippen LogP contribution in [-0.4, -0.2) is 14.8 Å². The maximum atomic E-state index is 13.3. The molecule has 7 heteroatoms. The second kappa shape index (κ2) is 5.53. The van der Waals surface area contributed by atoms with Gasteiger partial charge in [-0.2, -0.15) is 4.98 Å². The van der Waals surface area contributed by atoms with E-state index in [1.165, 1.54) is 18.5 Å². The third-order valence-corrected chi connectivity index (χ3v) is 3.35. The lowest BCUT2D eigenvalue weighted by molar-refractivity contribution is 0.442. The Labute approximate surface area is 128 Å². The molecule has 3 rings (SSSR count). The summed E-state index contributed by atoms with van der Waals surface area (Å²) in [6, 6.07) is 12.2. The minimum Gasteiger partial charge on any atom is -0.421 e. The Morgan fingerprint density at radius 3 is 2.71 bits per heavy atom. The van der Waals surface area contributed by atoms with E-state index in [-0.39, 0.29) is 21.9 Å². The van der Waals surface area contributed by atoms with E-state index in [4.69, 9.17) is 10.5 Å². The molecule has 5 nitrogen and oxygen atoms in total. The van der Waals surface area contributed by atoms with Gasteiger partial charge < -0.3 is 10.5 Å². The van der Waals surface area contributed by atoms with Gasteiger partial charge in [0, 0.05) is 12.1 Å². The van der Waals surface area contributed by atoms with Gasteiger partial charge in [0.15, 0.2) is 5.75 Å². The summed E-state index contributed by atoms with van der Waals surface area (Å²) in [4.78, 5) is 4.05. The first-order valence-electron chi connectivity index (χ1n) is 6.03. The van der Waals surface area contributed by atoms with Gasteiger partial charge in [-0.1, -0.05) is 18.2 Å². The van der Waals surface area contributed by atoms with Crippen molar-refractivity contribution in [1.82, 2.24) is 14.8 Å². The van der Waals surface area contributed by atoms with Crippen LogP contribution in [0, 0.1) is 5.82 Å².